The highest BCUT2D eigenvalue weighted by atomic mass is 32.2. The molecule has 1 aliphatic heterocycles. The molecule has 92 valence electrons. The molecule has 0 unspecified atom stereocenters. The molecule has 0 saturated carbocycles. The van der Waals surface area contributed by atoms with Crippen molar-refractivity contribution in [2.45, 2.75) is 0 Å². The van der Waals surface area contributed by atoms with Gasteiger partial charge in [-0.2, -0.15) is 8.42 Å². The average Bonchev–Trinajstić information content (AvgIpc) is 2.51. The van der Waals surface area contributed by atoms with E-state index in [2.05, 4.69) is 0 Å². The Balaban J connectivity index is 2.45. The molecule has 0 radical (unpaired) electrons. The third-order valence-corrected chi connectivity index (χ3v) is 3.66. The van der Waals surface area contributed by atoms with Gasteiger partial charge in [-0.15, -0.1) is 0 Å². The first kappa shape index (κ1) is 11.5. The molecule has 0 spiro atoms. The second-order valence-corrected chi connectivity index (χ2v) is 4.99. The van der Waals surface area contributed by atoms with Gasteiger partial charge < -0.3 is 9.84 Å². The largest absolute Gasteiger partial charge is 0.506 e. The summed E-state index contributed by atoms with van der Waals surface area (Å²) >= 11 is 0. The number of amides is 1. The molecule has 17 heavy (non-hydrogen) atoms. The van der Waals surface area contributed by atoms with Crippen LogP contribution in [0.15, 0.2) is 18.2 Å². The fourth-order valence-corrected chi connectivity index (χ4v) is 2.67. The fraction of sp³-hybridized carbons (Fsp3) is 0.222. The van der Waals surface area contributed by atoms with Gasteiger partial charge in [0, 0.05) is 6.07 Å². The Morgan fingerprint density at radius 3 is 2.65 bits per heavy atom. The lowest BCUT2D eigenvalue weighted by molar-refractivity contribution is -0.117. The molecule has 1 amide bonds. The van der Waals surface area contributed by atoms with Gasteiger partial charge in [0.25, 0.3) is 5.91 Å². The number of carbonyl (C=O) groups excluding carboxylic acids is 1. The lowest BCUT2D eigenvalue weighted by Crippen LogP contribution is -2.29. The molecule has 1 aliphatic rings. The summed E-state index contributed by atoms with van der Waals surface area (Å²) in [6.07, 6.45) is 0. The van der Waals surface area contributed by atoms with Crippen LogP contribution in [-0.4, -0.2) is 33.1 Å². The van der Waals surface area contributed by atoms with E-state index in [0.29, 0.717) is 5.75 Å². The predicted octanol–water partition coefficient (Wildman–Crippen LogP) is -0.418. The van der Waals surface area contributed by atoms with Crippen molar-refractivity contribution in [3.8, 4) is 11.5 Å². The van der Waals surface area contributed by atoms with E-state index in [9.17, 15) is 18.3 Å². The molecule has 0 atom stereocenters. The zero-order chi connectivity index (χ0) is 12.6. The van der Waals surface area contributed by atoms with Crippen molar-refractivity contribution in [2.24, 2.45) is 0 Å². The fourth-order valence-electron chi connectivity index (χ4n) is 1.50. The highest BCUT2D eigenvalue weighted by molar-refractivity contribution is 7.92. The van der Waals surface area contributed by atoms with Crippen LogP contribution in [0.4, 0.5) is 5.69 Å². The normalized spacial score (nSPS) is 17.9. The van der Waals surface area contributed by atoms with Crippen molar-refractivity contribution in [1.29, 1.82) is 0 Å². The Kier molecular flexibility index (Phi) is 2.58. The summed E-state index contributed by atoms with van der Waals surface area (Å²) in [5, 5.41) is 9.68. The van der Waals surface area contributed by atoms with E-state index >= 15 is 0 Å². The molecule has 0 aliphatic carbocycles. The predicted molar refractivity (Wildman–Crippen MR) is 59.1 cm³/mol. The molecule has 0 bridgehead atoms. The Bertz CT molecular complexity index is 569. The second-order valence-electron chi connectivity index (χ2n) is 3.39. The van der Waals surface area contributed by atoms with Crippen LogP contribution in [0.2, 0.25) is 0 Å². The van der Waals surface area contributed by atoms with Gasteiger partial charge in [-0.1, -0.05) is 0 Å². The zero-order valence-corrected chi connectivity index (χ0v) is 9.69. The minimum atomic E-state index is -3.90. The van der Waals surface area contributed by atoms with Crippen molar-refractivity contribution >= 4 is 21.8 Å². The second kappa shape index (κ2) is 3.81. The van der Waals surface area contributed by atoms with E-state index in [1.54, 1.807) is 0 Å². The summed E-state index contributed by atoms with van der Waals surface area (Å²) in [5.74, 6) is -0.522. The van der Waals surface area contributed by atoms with Crippen molar-refractivity contribution in [2.75, 3.05) is 18.0 Å². The van der Waals surface area contributed by atoms with Gasteiger partial charge >= 0.3 is 10.2 Å². The summed E-state index contributed by atoms with van der Waals surface area (Å²) in [5.41, 5.74) is 0.0316. The minimum Gasteiger partial charge on any atom is -0.506 e. The van der Waals surface area contributed by atoms with Crippen molar-refractivity contribution in [1.82, 2.24) is 4.72 Å². The zero-order valence-electron chi connectivity index (χ0n) is 8.87. The van der Waals surface area contributed by atoms with E-state index < -0.39 is 16.1 Å². The first-order valence-electron chi connectivity index (χ1n) is 4.64. The maximum Gasteiger partial charge on any atom is 0.326 e. The molecule has 1 aromatic carbocycles. The molecule has 1 heterocycles. The Morgan fingerprint density at radius 1 is 1.47 bits per heavy atom. The van der Waals surface area contributed by atoms with Crippen LogP contribution in [0, 0.1) is 0 Å². The molecule has 0 aromatic heterocycles. The van der Waals surface area contributed by atoms with Crippen LogP contribution >= 0.6 is 0 Å². The number of nitrogens with one attached hydrogen (secondary N) is 1. The number of carbonyl (C=O) groups is 1. The molecule has 7 nitrogen and oxygen atoms in total. The summed E-state index contributed by atoms with van der Waals surface area (Å²) in [7, 11) is -2.48. The van der Waals surface area contributed by atoms with E-state index in [0.717, 1.165) is 4.31 Å². The molecule has 2 rings (SSSR count). The molecule has 1 saturated heterocycles. The number of ether oxygens (including phenoxy) is 1. The standard InChI is InChI=1S/C9H10N2O5S/c1-16-6-2-3-7(8(12)4-6)11-5-9(13)10-17(11,14)15/h2-4,12H,5H2,1H3,(H,10,13). The molecule has 2 N–H and O–H groups in total. The third kappa shape index (κ3) is 1.98. The van der Waals surface area contributed by atoms with Gasteiger partial charge in [0.1, 0.15) is 18.0 Å². The van der Waals surface area contributed by atoms with Crippen LogP contribution in [0.5, 0.6) is 11.5 Å². The van der Waals surface area contributed by atoms with Gasteiger partial charge in [-0.3, -0.25) is 4.79 Å². The van der Waals surface area contributed by atoms with E-state index in [-0.39, 0.29) is 18.0 Å². The number of nitrogens with zero attached hydrogens (tertiary/aromatic N) is 1. The first-order chi connectivity index (χ1) is 7.94. The number of anilines is 1. The van der Waals surface area contributed by atoms with Gasteiger partial charge in [0.05, 0.1) is 12.8 Å². The van der Waals surface area contributed by atoms with Gasteiger partial charge in [-0.25, -0.2) is 9.03 Å². The smallest absolute Gasteiger partial charge is 0.326 e. The summed E-state index contributed by atoms with van der Waals surface area (Å²) in [4.78, 5) is 11.0. The van der Waals surface area contributed by atoms with Crippen LogP contribution in [-0.2, 0) is 15.0 Å². The lowest BCUT2D eigenvalue weighted by atomic mass is 10.2. The molecular weight excluding hydrogens is 248 g/mol. The van der Waals surface area contributed by atoms with Crippen LogP contribution in [0.25, 0.3) is 0 Å². The van der Waals surface area contributed by atoms with E-state index in [1.165, 1.54) is 25.3 Å². The van der Waals surface area contributed by atoms with E-state index in [1.807, 2.05) is 4.72 Å². The summed E-state index contributed by atoms with van der Waals surface area (Å²) < 4.78 is 30.5. The van der Waals surface area contributed by atoms with Crippen molar-refractivity contribution < 1.29 is 23.1 Å². The maximum atomic E-state index is 11.5. The number of rotatable bonds is 2. The number of methoxy groups -OCH3 is 1. The molecule has 8 heteroatoms. The third-order valence-electron chi connectivity index (χ3n) is 2.27. The Morgan fingerprint density at radius 2 is 2.18 bits per heavy atom. The number of aromatic hydroxyl groups is 1. The molecular formula is C9H10N2O5S. The van der Waals surface area contributed by atoms with Crippen molar-refractivity contribution in [3.63, 3.8) is 0 Å². The monoisotopic (exact) mass is 258 g/mol. The van der Waals surface area contributed by atoms with Gasteiger partial charge in [0.15, 0.2) is 0 Å². The minimum absolute atomic E-state index is 0.0316. The summed E-state index contributed by atoms with van der Waals surface area (Å²) in [6.45, 7) is -0.345. The number of phenols is 1. The number of hydrogen-bond donors (Lipinski definition) is 2. The quantitative estimate of drug-likeness (QED) is 0.751. The van der Waals surface area contributed by atoms with E-state index in [4.69, 9.17) is 4.74 Å². The van der Waals surface area contributed by atoms with Crippen LogP contribution < -0.4 is 13.8 Å². The molecule has 1 fully saturated rings. The Hall–Kier alpha value is -1.96. The highest BCUT2D eigenvalue weighted by Crippen LogP contribution is 2.33. The Labute approximate surface area is 97.8 Å². The summed E-state index contributed by atoms with van der Waals surface area (Å²) in [6, 6.07) is 4.13. The maximum absolute atomic E-state index is 11.5. The lowest BCUT2D eigenvalue weighted by Gasteiger charge is -2.16. The number of phenolic OH excluding ortho intramolecular Hbond substituents is 1. The van der Waals surface area contributed by atoms with Crippen molar-refractivity contribution in [3.05, 3.63) is 18.2 Å². The average molecular weight is 258 g/mol. The number of benzene rings is 1. The first-order valence-corrected chi connectivity index (χ1v) is 6.08. The van der Waals surface area contributed by atoms with Crippen LogP contribution in [0.3, 0.4) is 0 Å². The highest BCUT2D eigenvalue weighted by Gasteiger charge is 2.35. The topological polar surface area (TPSA) is 95.9 Å². The SMILES string of the molecule is COc1ccc(N2CC(=O)NS2(=O)=O)c(O)c1. The van der Waals surface area contributed by atoms with Crippen LogP contribution in [0.1, 0.15) is 0 Å². The van der Waals surface area contributed by atoms with Gasteiger partial charge in [0.2, 0.25) is 0 Å². The van der Waals surface area contributed by atoms with Gasteiger partial charge in [-0.05, 0) is 12.1 Å². The number of hydrogen-bond acceptors (Lipinski definition) is 5. The molecule has 1 aromatic rings.